The zero-order valence-corrected chi connectivity index (χ0v) is 12.0. The standard InChI is InChI=1S/C13H27NO4/c1-5-7-11(12(15)18-6-2)14-10-13(3,16)8-9-17-4/h11,14,16H,5-10H2,1-4H3. The summed E-state index contributed by atoms with van der Waals surface area (Å²) >= 11 is 0. The third-order valence-corrected chi connectivity index (χ3v) is 2.72. The molecule has 0 amide bonds. The van der Waals surface area contributed by atoms with Crippen molar-refractivity contribution in [2.75, 3.05) is 26.9 Å². The molecule has 2 atom stereocenters. The molecule has 0 radical (unpaired) electrons. The molecule has 5 nitrogen and oxygen atoms in total. The van der Waals surface area contributed by atoms with Gasteiger partial charge < -0.3 is 19.9 Å². The highest BCUT2D eigenvalue weighted by Crippen LogP contribution is 2.09. The molecule has 5 heteroatoms. The molecule has 0 saturated carbocycles. The van der Waals surface area contributed by atoms with Crippen molar-refractivity contribution in [3.8, 4) is 0 Å². The molecule has 0 aromatic carbocycles. The first-order chi connectivity index (χ1) is 8.46. The number of carbonyl (C=O) groups excluding carboxylic acids is 1. The van der Waals surface area contributed by atoms with Crippen LogP contribution in [0.3, 0.4) is 0 Å². The Morgan fingerprint density at radius 2 is 2.11 bits per heavy atom. The Bertz CT molecular complexity index is 231. The van der Waals surface area contributed by atoms with Crippen molar-refractivity contribution in [1.82, 2.24) is 5.32 Å². The highest BCUT2D eigenvalue weighted by molar-refractivity contribution is 5.75. The molecule has 0 aliphatic rings. The molecule has 0 rings (SSSR count). The highest BCUT2D eigenvalue weighted by Gasteiger charge is 2.24. The maximum atomic E-state index is 11.7. The van der Waals surface area contributed by atoms with Gasteiger partial charge in [0, 0.05) is 26.7 Å². The fourth-order valence-electron chi connectivity index (χ4n) is 1.59. The number of methoxy groups -OCH3 is 1. The van der Waals surface area contributed by atoms with Gasteiger partial charge >= 0.3 is 5.97 Å². The molecule has 0 aromatic heterocycles. The van der Waals surface area contributed by atoms with E-state index in [9.17, 15) is 9.90 Å². The molecule has 2 unspecified atom stereocenters. The molecule has 108 valence electrons. The van der Waals surface area contributed by atoms with E-state index in [0.717, 1.165) is 6.42 Å². The van der Waals surface area contributed by atoms with Gasteiger partial charge in [-0.15, -0.1) is 0 Å². The van der Waals surface area contributed by atoms with Crippen LogP contribution in [-0.2, 0) is 14.3 Å². The first-order valence-corrected chi connectivity index (χ1v) is 6.58. The van der Waals surface area contributed by atoms with Crippen LogP contribution in [0.25, 0.3) is 0 Å². The summed E-state index contributed by atoms with van der Waals surface area (Å²) in [4.78, 5) is 11.7. The number of hydrogen-bond acceptors (Lipinski definition) is 5. The van der Waals surface area contributed by atoms with E-state index in [1.807, 2.05) is 6.92 Å². The molecular weight excluding hydrogens is 234 g/mol. The largest absolute Gasteiger partial charge is 0.465 e. The molecular formula is C13H27NO4. The van der Waals surface area contributed by atoms with Gasteiger partial charge in [0.2, 0.25) is 0 Å². The predicted octanol–water partition coefficient (Wildman–Crippen LogP) is 1.10. The molecule has 0 aliphatic carbocycles. The summed E-state index contributed by atoms with van der Waals surface area (Å²) in [6, 6.07) is -0.344. The zero-order chi connectivity index (χ0) is 14.0. The summed E-state index contributed by atoms with van der Waals surface area (Å²) in [7, 11) is 1.60. The molecule has 0 aromatic rings. The summed E-state index contributed by atoms with van der Waals surface area (Å²) in [5.41, 5.74) is -0.880. The van der Waals surface area contributed by atoms with Crippen LogP contribution in [0.2, 0.25) is 0 Å². The maximum Gasteiger partial charge on any atom is 0.323 e. The van der Waals surface area contributed by atoms with Crippen molar-refractivity contribution in [3.05, 3.63) is 0 Å². The average Bonchev–Trinajstić information content (AvgIpc) is 2.32. The van der Waals surface area contributed by atoms with Crippen LogP contribution in [0.1, 0.15) is 40.0 Å². The number of ether oxygens (including phenoxy) is 2. The smallest absolute Gasteiger partial charge is 0.323 e. The van der Waals surface area contributed by atoms with Crippen LogP contribution in [0, 0.1) is 0 Å². The van der Waals surface area contributed by atoms with Crippen LogP contribution in [-0.4, -0.2) is 49.6 Å². The minimum absolute atomic E-state index is 0.248. The monoisotopic (exact) mass is 261 g/mol. The van der Waals surface area contributed by atoms with Gasteiger partial charge in [0.15, 0.2) is 0 Å². The van der Waals surface area contributed by atoms with Crippen molar-refractivity contribution in [2.45, 2.75) is 51.7 Å². The maximum absolute atomic E-state index is 11.7. The predicted molar refractivity (Wildman–Crippen MR) is 70.4 cm³/mol. The third kappa shape index (κ3) is 7.63. The van der Waals surface area contributed by atoms with E-state index >= 15 is 0 Å². The van der Waals surface area contributed by atoms with E-state index in [1.54, 1.807) is 21.0 Å². The van der Waals surface area contributed by atoms with Gasteiger partial charge in [0.05, 0.1) is 12.2 Å². The lowest BCUT2D eigenvalue weighted by Gasteiger charge is -2.26. The van der Waals surface area contributed by atoms with Crippen molar-refractivity contribution in [2.24, 2.45) is 0 Å². The fraction of sp³-hybridized carbons (Fsp3) is 0.923. The second-order valence-corrected chi connectivity index (χ2v) is 4.71. The molecule has 0 bridgehead atoms. The Hall–Kier alpha value is -0.650. The Labute approximate surface area is 110 Å². The first kappa shape index (κ1) is 17.4. The van der Waals surface area contributed by atoms with Crippen LogP contribution in [0.15, 0.2) is 0 Å². The molecule has 0 aliphatic heterocycles. The lowest BCUT2D eigenvalue weighted by Crippen LogP contribution is -2.46. The number of nitrogens with one attached hydrogen (secondary N) is 1. The highest BCUT2D eigenvalue weighted by atomic mass is 16.5. The van der Waals surface area contributed by atoms with Gasteiger partial charge in [0.1, 0.15) is 6.04 Å². The first-order valence-electron chi connectivity index (χ1n) is 6.58. The van der Waals surface area contributed by atoms with Crippen molar-refractivity contribution in [3.63, 3.8) is 0 Å². The van der Waals surface area contributed by atoms with E-state index in [-0.39, 0.29) is 12.0 Å². The van der Waals surface area contributed by atoms with Crippen LogP contribution < -0.4 is 5.32 Å². The zero-order valence-electron chi connectivity index (χ0n) is 12.0. The average molecular weight is 261 g/mol. The number of aliphatic hydroxyl groups is 1. The van der Waals surface area contributed by atoms with Crippen molar-refractivity contribution in [1.29, 1.82) is 0 Å². The van der Waals surface area contributed by atoms with E-state index in [4.69, 9.17) is 9.47 Å². The third-order valence-electron chi connectivity index (χ3n) is 2.72. The molecule has 0 spiro atoms. The molecule has 0 saturated heterocycles. The van der Waals surface area contributed by atoms with Gasteiger partial charge in [-0.3, -0.25) is 4.79 Å². The van der Waals surface area contributed by atoms with Crippen molar-refractivity contribution < 1.29 is 19.4 Å². The Balaban J connectivity index is 4.20. The molecule has 0 heterocycles. The fourth-order valence-corrected chi connectivity index (χ4v) is 1.59. The van der Waals surface area contributed by atoms with Gasteiger partial charge in [-0.05, 0) is 20.3 Å². The summed E-state index contributed by atoms with van der Waals surface area (Å²) in [5, 5.41) is 13.2. The molecule has 2 N–H and O–H groups in total. The Kier molecular flexibility index (Phi) is 8.97. The van der Waals surface area contributed by atoms with Crippen molar-refractivity contribution >= 4 is 5.97 Å². The molecule has 18 heavy (non-hydrogen) atoms. The minimum Gasteiger partial charge on any atom is -0.465 e. The summed E-state index contributed by atoms with van der Waals surface area (Å²) in [6.07, 6.45) is 2.12. The lowest BCUT2D eigenvalue weighted by atomic mass is 10.0. The Morgan fingerprint density at radius 3 is 2.61 bits per heavy atom. The second-order valence-electron chi connectivity index (χ2n) is 4.71. The second kappa shape index (κ2) is 9.30. The Morgan fingerprint density at radius 1 is 1.44 bits per heavy atom. The number of rotatable bonds is 10. The summed E-state index contributed by atoms with van der Waals surface area (Å²) in [6.45, 7) is 6.74. The minimum atomic E-state index is -0.880. The topological polar surface area (TPSA) is 67.8 Å². The number of hydrogen-bond donors (Lipinski definition) is 2. The molecule has 0 fully saturated rings. The van der Waals surface area contributed by atoms with Gasteiger partial charge in [-0.2, -0.15) is 0 Å². The SMILES string of the molecule is CCCC(NCC(C)(O)CCOC)C(=O)OCC. The number of carbonyl (C=O) groups is 1. The summed E-state index contributed by atoms with van der Waals surface area (Å²) < 4.78 is 9.93. The van der Waals surface area contributed by atoms with Gasteiger partial charge in [-0.1, -0.05) is 13.3 Å². The van der Waals surface area contributed by atoms with E-state index in [0.29, 0.717) is 32.6 Å². The lowest BCUT2D eigenvalue weighted by molar-refractivity contribution is -0.146. The van der Waals surface area contributed by atoms with Crippen LogP contribution in [0.5, 0.6) is 0 Å². The summed E-state index contributed by atoms with van der Waals surface area (Å²) in [5.74, 6) is -0.248. The number of esters is 1. The van der Waals surface area contributed by atoms with Gasteiger partial charge in [0.25, 0.3) is 0 Å². The van der Waals surface area contributed by atoms with Crippen LogP contribution >= 0.6 is 0 Å². The quantitative estimate of drug-likeness (QED) is 0.576. The van der Waals surface area contributed by atoms with Crippen LogP contribution in [0.4, 0.5) is 0 Å². The van der Waals surface area contributed by atoms with Gasteiger partial charge in [-0.25, -0.2) is 0 Å². The normalized spacial score (nSPS) is 16.1. The van der Waals surface area contributed by atoms with E-state index in [1.165, 1.54) is 0 Å². The van der Waals surface area contributed by atoms with E-state index in [2.05, 4.69) is 5.32 Å². The van der Waals surface area contributed by atoms with E-state index < -0.39 is 5.60 Å².